The van der Waals surface area contributed by atoms with Crippen molar-refractivity contribution >= 4 is 56.2 Å². The van der Waals surface area contributed by atoms with Crippen molar-refractivity contribution < 1.29 is 38.8 Å². The highest BCUT2D eigenvalue weighted by molar-refractivity contribution is 9.10. The standard InChI is InChI=1S/C23H21N3O2.C14H11N3O3.C13H11N3.C9H12O.C9H12.C6H4BrN3.C5H10O2/c1-16-3-4-18(11-17(16)2)12-20(27)15-28-21-7-5-19(6-8-21)22-13-25-23-14-24-9-10-26(22)23;18-14(19)9-20-11-3-1-10(2-4-11)12-7-16-13-8-15-5-6-17(12)13;1-10-2-4-11(5-3-10)12-8-15-13-9-14-6-7-16(12)13;1-7-3-5-9(6-4-7)8(2)10;1-7-4-5-8(2)9(3)6-7;7-5-3-9-6-4-8-1-2-10(5)6;1-3-5(6)7-4-2/h3-11,13-14H,12,15H2,1-2H3;1-8H,9H2,(H,18,19);2-9H,1H3;3-6,8,10H,1-2H3;4-6H,1-3H3;1-4H;3-4H2,1-2H3. The minimum absolute atomic E-state index is 0.0570. The second-order valence-corrected chi connectivity index (χ2v) is 23.9. The zero-order valence-electron chi connectivity index (χ0n) is 57.6. The Kier molecular flexibility index (Phi) is 27.7. The molecule has 20 nitrogen and oxygen atoms in total. The summed E-state index contributed by atoms with van der Waals surface area (Å²) in [6, 6.07) is 43.8. The van der Waals surface area contributed by atoms with Crippen molar-refractivity contribution in [3.8, 4) is 45.3 Å². The number of benzene rings is 6. The van der Waals surface area contributed by atoms with Crippen LogP contribution in [0, 0.1) is 48.5 Å². The van der Waals surface area contributed by atoms with Crippen molar-refractivity contribution in [1.29, 1.82) is 0 Å². The number of halogens is 1. The molecule has 14 rings (SSSR count). The molecule has 0 saturated carbocycles. The smallest absolute Gasteiger partial charge is 0.341 e. The van der Waals surface area contributed by atoms with Gasteiger partial charge in [0.1, 0.15) is 22.7 Å². The van der Waals surface area contributed by atoms with Crippen LogP contribution in [-0.2, 0) is 25.5 Å². The lowest BCUT2D eigenvalue weighted by molar-refractivity contribution is -0.142. The Morgan fingerprint density at radius 2 is 0.850 bits per heavy atom. The molecule has 0 radical (unpaired) electrons. The number of carboxylic acid groups (broad SMARTS) is 1. The lowest BCUT2D eigenvalue weighted by Gasteiger charge is -2.08. The lowest BCUT2D eigenvalue weighted by atomic mass is 10.0. The first-order valence-electron chi connectivity index (χ1n) is 32.3. The molecule has 8 heterocycles. The van der Waals surface area contributed by atoms with Gasteiger partial charge in [-0.2, -0.15) is 0 Å². The maximum absolute atomic E-state index is 12.2. The Bertz CT molecular complexity index is 4910. The predicted octanol–water partition coefficient (Wildman–Crippen LogP) is 15.9. The van der Waals surface area contributed by atoms with Crippen molar-refractivity contribution in [2.75, 3.05) is 19.8 Å². The van der Waals surface area contributed by atoms with Crippen LogP contribution in [0.3, 0.4) is 0 Å². The Morgan fingerprint density at radius 1 is 0.460 bits per heavy atom. The zero-order chi connectivity index (χ0) is 71.5. The maximum Gasteiger partial charge on any atom is 0.341 e. The number of aryl methyl sites for hydroxylation is 7. The molecule has 2 N–H and O–H groups in total. The molecular formula is C79H81BrN12O8. The topological polar surface area (TPSA) is 240 Å². The fourth-order valence-electron chi connectivity index (χ4n) is 9.65. The van der Waals surface area contributed by atoms with Gasteiger partial charge in [0.05, 0.1) is 79.4 Å². The second-order valence-electron chi connectivity index (χ2n) is 23.1. The van der Waals surface area contributed by atoms with Crippen molar-refractivity contribution in [2.45, 2.75) is 88.2 Å². The van der Waals surface area contributed by atoms with Crippen LogP contribution in [0.15, 0.2) is 237 Å². The van der Waals surface area contributed by atoms with Crippen molar-refractivity contribution in [2.24, 2.45) is 0 Å². The van der Waals surface area contributed by atoms with E-state index in [4.69, 9.17) is 19.7 Å². The summed E-state index contributed by atoms with van der Waals surface area (Å²) in [6.07, 6.45) is 29.0. The first-order valence-corrected chi connectivity index (χ1v) is 33.1. The average molecular weight is 1410 g/mol. The van der Waals surface area contributed by atoms with Gasteiger partial charge in [0.25, 0.3) is 0 Å². The summed E-state index contributed by atoms with van der Waals surface area (Å²) in [5.41, 5.74) is 20.5. The van der Waals surface area contributed by atoms with Crippen molar-refractivity contribution in [1.82, 2.24) is 57.5 Å². The number of rotatable bonds is 14. The number of ketones is 1. The highest BCUT2D eigenvalue weighted by Gasteiger charge is 2.11. The maximum atomic E-state index is 12.2. The van der Waals surface area contributed by atoms with Gasteiger partial charge in [-0.05, 0) is 160 Å². The summed E-state index contributed by atoms with van der Waals surface area (Å²) < 4.78 is 24.1. The van der Waals surface area contributed by atoms with E-state index in [9.17, 15) is 14.4 Å². The number of carbonyl (C=O) groups excluding carboxylic acids is 2. The molecule has 21 heteroatoms. The van der Waals surface area contributed by atoms with Crippen LogP contribution < -0.4 is 9.47 Å². The number of imidazole rings is 4. The van der Waals surface area contributed by atoms with Gasteiger partial charge in [-0.15, -0.1) is 0 Å². The van der Waals surface area contributed by atoms with Crippen LogP contribution in [0.5, 0.6) is 11.5 Å². The van der Waals surface area contributed by atoms with Crippen LogP contribution in [0.4, 0.5) is 0 Å². The molecule has 14 aromatic rings. The van der Waals surface area contributed by atoms with E-state index in [2.05, 4.69) is 151 Å². The normalized spacial score (nSPS) is 10.7. The quantitative estimate of drug-likeness (QED) is 0.0962. The van der Waals surface area contributed by atoms with Gasteiger partial charge in [0.2, 0.25) is 0 Å². The molecule has 512 valence electrons. The number of fused-ring (bicyclic) bond motifs is 4. The number of carboxylic acids is 1. The molecule has 0 fully saturated rings. The van der Waals surface area contributed by atoms with E-state index in [1.54, 1.807) is 94.9 Å². The van der Waals surface area contributed by atoms with Crippen molar-refractivity contribution in [3.63, 3.8) is 0 Å². The molecule has 0 bridgehead atoms. The van der Waals surface area contributed by atoms with E-state index in [-0.39, 0.29) is 31.1 Å². The van der Waals surface area contributed by atoms with Gasteiger partial charge < -0.3 is 24.4 Å². The van der Waals surface area contributed by atoms with Crippen molar-refractivity contribution in [3.05, 3.63) is 287 Å². The molecule has 100 heavy (non-hydrogen) atoms. The number of hydrogen-bond acceptors (Lipinski definition) is 15. The molecular weight excluding hydrogens is 1320 g/mol. The number of nitrogens with zero attached hydrogens (tertiary/aromatic N) is 12. The fraction of sp³-hybridized carbons (Fsp3) is 0.203. The lowest BCUT2D eigenvalue weighted by Crippen LogP contribution is -2.14. The highest BCUT2D eigenvalue weighted by atomic mass is 79.9. The first kappa shape index (κ1) is 74.2. The summed E-state index contributed by atoms with van der Waals surface area (Å²) in [5, 5.41) is 17.7. The summed E-state index contributed by atoms with van der Waals surface area (Å²) in [7, 11) is 0. The zero-order valence-corrected chi connectivity index (χ0v) is 59.2. The van der Waals surface area contributed by atoms with E-state index in [1.807, 2.05) is 135 Å². The molecule has 0 spiro atoms. The molecule has 0 saturated heterocycles. The van der Waals surface area contributed by atoms with Gasteiger partial charge in [-0.1, -0.05) is 109 Å². The number of hydrogen-bond donors (Lipinski definition) is 2. The molecule has 0 aliphatic carbocycles. The van der Waals surface area contributed by atoms with Gasteiger partial charge in [-0.25, -0.2) is 24.7 Å². The van der Waals surface area contributed by atoms with Gasteiger partial charge in [0.15, 0.2) is 35.0 Å². The Morgan fingerprint density at radius 3 is 1.24 bits per heavy atom. The fourth-order valence-corrected chi connectivity index (χ4v) is 10.0. The van der Waals surface area contributed by atoms with E-state index < -0.39 is 5.97 Å². The van der Waals surface area contributed by atoms with Crippen LogP contribution in [0.25, 0.3) is 56.4 Å². The molecule has 1 atom stereocenters. The molecule has 0 aliphatic heterocycles. The number of aliphatic hydroxyl groups is 1. The predicted molar refractivity (Wildman–Crippen MR) is 393 cm³/mol. The van der Waals surface area contributed by atoms with E-state index in [0.29, 0.717) is 30.9 Å². The number of Topliss-reactive ketones (excluding diaryl/α,β-unsaturated/α-hetero) is 1. The highest BCUT2D eigenvalue weighted by Crippen LogP contribution is 2.26. The summed E-state index contributed by atoms with van der Waals surface area (Å²) in [5.74, 6) is 0.131. The third kappa shape index (κ3) is 22.0. The SMILES string of the molecule is Brc1cnc2cnccn12.CCOC(=O)CC.Cc1ccc(-c2cnc3cnccn23)cc1.Cc1ccc(C(C)O)cc1.Cc1ccc(C)c(C)c1.Cc1ccc(CC(=O)COc2ccc(-c3cnc4cnccn34)cc2)cc1C.O=C(O)COc1ccc(-c2cnc3cnccn23)cc1. The molecule has 0 amide bonds. The Labute approximate surface area is 589 Å². The summed E-state index contributed by atoms with van der Waals surface area (Å²) in [4.78, 5) is 65.9. The first-order chi connectivity index (χ1) is 48.3. The number of aliphatic hydroxyl groups excluding tert-OH is 1. The average Bonchev–Trinajstić information content (AvgIpc) is 1.66. The Hall–Kier alpha value is -11.6. The molecule has 0 aliphatic rings. The number of esters is 1. The number of aromatic nitrogens is 12. The van der Waals surface area contributed by atoms with Gasteiger partial charge in [0, 0.05) is 79.1 Å². The minimum atomic E-state index is -0.997. The van der Waals surface area contributed by atoms with Gasteiger partial charge >= 0.3 is 11.9 Å². The van der Waals surface area contributed by atoms with Crippen LogP contribution in [0.2, 0.25) is 0 Å². The van der Waals surface area contributed by atoms with Crippen LogP contribution >= 0.6 is 15.9 Å². The summed E-state index contributed by atoms with van der Waals surface area (Å²) >= 11 is 3.34. The molecule has 6 aromatic carbocycles. The molecule has 8 aromatic heterocycles. The van der Waals surface area contributed by atoms with E-state index >= 15 is 0 Å². The second kappa shape index (κ2) is 37.3. The number of aliphatic carboxylic acids is 1. The van der Waals surface area contributed by atoms with Crippen LogP contribution in [-0.4, -0.2) is 105 Å². The number of carbonyl (C=O) groups is 3. The Balaban J connectivity index is 0.000000157. The van der Waals surface area contributed by atoms with E-state index in [0.717, 1.165) is 66.5 Å². The summed E-state index contributed by atoms with van der Waals surface area (Å²) in [6.45, 7) is 20.2. The van der Waals surface area contributed by atoms with Crippen LogP contribution in [0.1, 0.15) is 83.4 Å². The minimum Gasteiger partial charge on any atom is -0.486 e. The number of ether oxygens (including phenoxy) is 3. The van der Waals surface area contributed by atoms with E-state index in [1.165, 1.54) is 44.5 Å². The third-order valence-electron chi connectivity index (χ3n) is 15.4. The molecule has 1 unspecified atom stereocenters. The monoisotopic (exact) mass is 1400 g/mol. The largest absolute Gasteiger partial charge is 0.486 e. The third-order valence-corrected chi connectivity index (χ3v) is 16.0. The van der Waals surface area contributed by atoms with Gasteiger partial charge in [-0.3, -0.25) is 47.1 Å².